The van der Waals surface area contributed by atoms with Gasteiger partial charge < -0.3 is 20.3 Å². The Balaban J connectivity index is 1.65. The molecule has 1 heterocycles. The first-order valence-corrected chi connectivity index (χ1v) is 9.19. The van der Waals surface area contributed by atoms with Crippen LogP contribution in [0.2, 0.25) is 0 Å². The van der Waals surface area contributed by atoms with E-state index in [0.717, 1.165) is 36.9 Å². The number of ether oxygens (including phenoxy) is 1. The zero-order chi connectivity index (χ0) is 17.2. The van der Waals surface area contributed by atoms with Crippen molar-refractivity contribution in [1.29, 1.82) is 0 Å². The Morgan fingerprint density at radius 2 is 2.38 bits per heavy atom. The molecule has 1 fully saturated rings. The Bertz CT molecular complexity index is 535. The summed E-state index contributed by atoms with van der Waals surface area (Å²) < 4.78 is 5.52. The molecule has 1 aliphatic heterocycles. The number of likely N-dealkylation sites (tertiary alicyclic amines) is 1. The molecule has 2 N–H and O–H groups in total. The van der Waals surface area contributed by atoms with Crippen LogP contribution >= 0.6 is 12.2 Å². The summed E-state index contributed by atoms with van der Waals surface area (Å²) in [5.41, 5.74) is 0.930. The minimum absolute atomic E-state index is 0.501. The first-order valence-electron chi connectivity index (χ1n) is 8.78. The minimum atomic E-state index is 0.501. The summed E-state index contributed by atoms with van der Waals surface area (Å²) in [7, 11) is 0. The van der Waals surface area contributed by atoms with Crippen LogP contribution in [0.4, 0.5) is 5.69 Å². The molecule has 0 amide bonds. The minimum Gasteiger partial charge on any atom is -0.489 e. The molecule has 24 heavy (non-hydrogen) atoms. The average Bonchev–Trinajstić information content (AvgIpc) is 2.57. The lowest BCUT2D eigenvalue weighted by molar-refractivity contribution is 0.182. The number of nitrogens with one attached hydrogen (secondary N) is 2. The Hall–Kier alpha value is -1.59. The SMILES string of the molecule is C=CCOc1cccc(NC(=S)NCCCN2CCCC(C)C2)c1. The van der Waals surface area contributed by atoms with Gasteiger partial charge >= 0.3 is 0 Å². The van der Waals surface area contributed by atoms with E-state index in [1.165, 1.54) is 25.9 Å². The van der Waals surface area contributed by atoms with Gasteiger partial charge in [0.2, 0.25) is 0 Å². The van der Waals surface area contributed by atoms with Crippen LogP contribution in [0.15, 0.2) is 36.9 Å². The lowest BCUT2D eigenvalue weighted by atomic mass is 10.0. The van der Waals surface area contributed by atoms with Crippen LogP contribution in [0, 0.1) is 5.92 Å². The molecule has 1 saturated heterocycles. The molecule has 1 atom stereocenters. The molecule has 1 aromatic rings. The zero-order valence-electron chi connectivity index (χ0n) is 14.6. The van der Waals surface area contributed by atoms with Gasteiger partial charge in [0, 0.05) is 24.8 Å². The summed E-state index contributed by atoms with van der Waals surface area (Å²) in [4.78, 5) is 2.56. The van der Waals surface area contributed by atoms with E-state index in [0.29, 0.717) is 11.7 Å². The quantitative estimate of drug-likeness (QED) is 0.426. The van der Waals surface area contributed by atoms with Crippen molar-refractivity contribution in [3.8, 4) is 5.75 Å². The van der Waals surface area contributed by atoms with Crippen LogP contribution in [0.1, 0.15) is 26.2 Å². The molecule has 0 spiro atoms. The van der Waals surface area contributed by atoms with E-state index >= 15 is 0 Å². The van der Waals surface area contributed by atoms with E-state index in [4.69, 9.17) is 17.0 Å². The molecule has 1 aliphatic rings. The Kier molecular flexibility index (Phi) is 8.05. The molecule has 0 bridgehead atoms. The summed E-state index contributed by atoms with van der Waals surface area (Å²) in [5.74, 6) is 1.65. The van der Waals surface area contributed by atoms with Crippen molar-refractivity contribution >= 4 is 23.0 Å². The number of hydrogen-bond acceptors (Lipinski definition) is 3. The second-order valence-corrected chi connectivity index (χ2v) is 6.82. The number of hydrogen-bond donors (Lipinski definition) is 2. The van der Waals surface area contributed by atoms with E-state index in [1.807, 2.05) is 24.3 Å². The monoisotopic (exact) mass is 347 g/mol. The summed E-state index contributed by atoms with van der Waals surface area (Å²) >= 11 is 5.36. The van der Waals surface area contributed by atoms with Crippen molar-refractivity contribution in [1.82, 2.24) is 10.2 Å². The van der Waals surface area contributed by atoms with Gasteiger partial charge in [-0.1, -0.05) is 25.6 Å². The van der Waals surface area contributed by atoms with Crippen molar-refractivity contribution in [3.63, 3.8) is 0 Å². The standard InChI is InChI=1S/C19H29N3OS/c1-3-13-23-18-9-4-8-17(14-18)21-19(24)20-10-6-12-22-11-5-7-16(2)15-22/h3-4,8-9,14,16H,1,5-7,10-13,15H2,2H3,(H2,20,21,24). The van der Waals surface area contributed by atoms with Crippen LogP contribution in [0.25, 0.3) is 0 Å². The lowest BCUT2D eigenvalue weighted by Gasteiger charge is -2.30. The average molecular weight is 348 g/mol. The van der Waals surface area contributed by atoms with Gasteiger partial charge in [-0.2, -0.15) is 0 Å². The highest BCUT2D eigenvalue weighted by Gasteiger charge is 2.15. The Morgan fingerprint density at radius 3 is 3.17 bits per heavy atom. The topological polar surface area (TPSA) is 36.5 Å². The molecular formula is C19H29N3OS. The van der Waals surface area contributed by atoms with Gasteiger partial charge in [0.05, 0.1) is 0 Å². The Morgan fingerprint density at radius 1 is 1.50 bits per heavy atom. The maximum absolute atomic E-state index is 5.52. The van der Waals surface area contributed by atoms with E-state index in [2.05, 4.69) is 29.0 Å². The molecule has 1 aromatic carbocycles. The fourth-order valence-corrected chi connectivity index (χ4v) is 3.21. The molecule has 0 radical (unpaired) electrons. The third-order valence-electron chi connectivity index (χ3n) is 4.14. The van der Waals surface area contributed by atoms with E-state index in [1.54, 1.807) is 6.08 Å². The van der Waals surface area contributed by atoms with Gasteiger partial charge in [0.15, 0.2) is 5.11 Å². The highest BCUT2D eigenvalue weighted by Crippen LogP contribution is 2.17. The summed E-state index contributed by atoms with van der Waals surface area (Å²) in [6, 6.07) is 7.78. The van der Waals surface area contributed by atoms with Gasteiger partial charge in [-0.3, -0.25) is 0 Å². The highest BCUT2D eigenvalue weighted by molar-refractivity contribution is 7.80. The van der Waals surface area contributed by atoms with Crippen molar-refractivity contribution in [2.45, 2.75) is 26.2 Å². The largest absolute Gasteiger partial charge is 0.489 e. The number of anilines is 1. The fourth-order valence-electron chi connectivity index (χ4n) is 2.99. The van der Waals surface area contributed by atoms with Crippen molar-refractivity contribution in [3.05, 3.63) is 36.9 Å². The van der Waals surface area contributed by atoms with Crippen molar-refractivity contribution in [2.75, 3.05) is 38.1 Å². The second-order valence-electron chi connectivity index (χ2n) is 6.41. The molecule has 0 aromatic heterocycles. The van der Waals surface area contributed by atoms with Crippen molar-refractivity contribution in [2.24, 2.45) is 5.92 Å². The van der Waals surface area contributed by atoms with Gasteiger partial charge in [-0.15, -0.1) is 0 Å². The summed E-state index contributed by atoms with van der Waals surface area (Å²) in [5, 5.41) is 7.14. The van der Waals surface area contributed by atoms with Crippen LogP contribution in [-0.4, -0.2) is 42.8 Å². The maximum Gasteiger partial charge on any atom is 0.170 e. The normalized spacial score (nSPS) is 18.0. The number of thiocarbonyl (C=S) groups is 1. The number of piperidine rings is 1. The van der Waals surface area contributed by atoms with Gasteiger partial charge in [-0.25, -0.2) is 0 Å². The first kappa shape index (κ1) is 18.7. The van der Waals surface area contributed by atoms with Gasteiger partial charge in [0.25, 0.3) is 0 Å². The highest BCUT2D eigenvalue weighted by atomic mass is 32.1. The van der Waals surface area contributed by atoms with E-state index < -0.39 is 0 Å². The lowest BCUT2D eigenvalue weighted by Crippen LogP contribution is -2.37. The van der Waals surface area contributed by atoms with E-state index in [-0.39, 0.29) is 0 Å². The Labute approximate surface area is 151 Å². The molecule has 0 saturated carbocycles. The smallest absolute Gasteiger partial charge is 0.170 e. The van der Waals surface area contributed by atoms with Crippen LogP contribution in [0.3, 0.4) is 0 Å². The van der Waals surface area contributed by atoms with E-state index in [9.17, 15) is 0 Å². The second kappa shape index (κ2) is 10.3. The maximum atomic E-state index is 5.52. The third-order valence-corrected chi connectivity index (χ3v) is 4.38. The molecule has 2 rings (SSSR count). The first-order chi connectivity index (χ1) is 11.7. The number of nitrogens with zero attached hydrogens (tertiary/aromatic N) is 1. The third kappa shape index (κ3) is 6.89. The van der Waals surface area contributed by atoms with Crippen LogP contribution < -0.4 is 15.4 Å². The number of benzene rings is 1. The molecule has 5 heteroatoms. The van der Waals surface area contributed by atoms with Gasteiger partial charge in [-0.05, 0) is 62.6 Å². The van der Waals surface area contributed by atoms with Gasteiger partial charge in [0.1, 0.15) is 12.4 Å². The molecule has 1 unspecified atom stereocenters. The van der Waals surface area contributed by atoms with Crippen LogP contribution in [-0.2, 0) is 0 Å². The predicted molar refractivity (Wildman–Crippen MR) is 106 cm³/mol. The van der Waals surface area contributed by atoms with Crippen LogP contribution in [0.5, 0.6) is 5.75 Å². The zero-order valence-corrected chi connectivity index (χ0v) is 15.4. The molecular weight excluding hydrogens is 318 g/mol. The molecule has 0 aliphatic carbocycles. The fraction of sp³-hybridized carbons (Fsp3) is 0.526. The molecule has 4 nitrogen and oxygen atoms in total. The molecule has 132 valence electrons. The predicted octanol–water partition coefficient (Wildman–Crippen LogP) is 3.66. The number of rotatable bonds is 8. The van der Waals surface area contributed by atoms with Crippen molar-refractivity contribution < 1.29 is 4.74 Å². The summed E-state index contributed by atoms with van der Waals surface area (Å²) in [6.07, 6.45) is 5.55. The summed E-state index contributed by atoms with van der Waals surface area (Å²) in [6.45, 7) is 11.0.